The Morgan fingerprint density at radius 1 is 1.36 bits per heavy atom. The van der Waals surface area contributed by atoms with Crippen LogP contribution in [0.2, 0.25) is 0 Å². The van der Waals surface area contributed by atoms with Crippen molar-refractivity contribution in [1.82, 2.24) is 23.6 Å². The first-order valence-corrected chi connectivity index (χ1v) is 8.48. The molecule has 0 saturated carbocycles. The Balaban J connectivity index is 2.00. The van der Waals surface area contributed by atoms with Gasteiger partial charge in [0, 0.05) is 32.7 Å². The van der Waals surface area contributed by atoms with Crippen molar-refractivity contribution < 1.29 is 4.79 Å². The lowest BCUT2D eigenvalue weighted by molar-refractivity contribution is -0.136. The number of nitrogens with zero attached hydrogens (tertiary/aromatic N) is 5. The molecule has 3 heterocycles. The molecule has 9 heteroatoms. The van der Waals surface area contributed by atoms with Crippen LogP contribution in [0, 0.1) is 0 Å². The van der Waals surface area contributed by atoms with Gasteiger partial charge < -0.3 is 15.2 Å². The van der Waals surface area contributed by atoms with E-state index in [1.54, 1.807) is 23.6 Å². The Bertz CT molecular complexity index is 922. The predicted molar refractivity (Wildman–Crippen MR) is 93.2 cm³/mol. The molecule has 1 aliphatic heterocycles. The number of nitrogens with two attached hydrogens (primary N) is 1. The maximum Gasteiger partial charge on any atom is 0.332 e. The maximum atomic E-state index is 12.8. The van der Waals surface area contributed by atoms with Gasteiger partial charge in [0.1, 0.15) is 6.54 Å². The molecule has 0 aliphatic carbocycles. The van der Waals surface area contributed by atoms with Gasteiger partial charge in [-0.2, -0.15) is 0 Å². The molecule has 1 aliphatic rings. The molecule has 1 saturated heterocycles. The fourth-order valence-electron chi connectivity index (χ4n) is 3.58. The van der Waals surface area contributed by atoms with Crippen molar-refractivity contribution >= 4 is 17.1 Å². The zero-order chi connectivity index (χ0) is 18.3. The van der Waals surface area contributed by atoms with Crippen molar-refractivity contribution in [3.63, 3.8) is 0 Å². The molecule has 0 bridgehead atoms. The summed E-state index contributed by atoms with van der Waals surface area (Å²) in [6.45, 7) is 2.20. The average Bonchev–Trinajstić information content (AvgIpc) is 2.98. The number of piperidine rings is 1. The Hall–Kier alpha value is -2.42. The van der Waals surface area contributed by atoms with Crippen molar-refractivity contribution in [2.24, 2.45) is 19.8 Å². The van der Waals surface area contributed by atoms with E-state index in [0.717, 1.165) is 23.8 Å². The lowest BCUT2D eigenvalue weighted by Gasteiger charge is -2.38. The molecule has 0 spiro atoms. The highest BCUT2D eigenvalue weighted by molar-refractivity contribution is 5.77. The summed E-state index contributed by atoms with van der Waals surface area (Å²) in [4.78, 5) is 43.8. The normalized spacial score (nSPS) is 19.4. The molecule has 2 aromatic heterocycles. The maximum absolute atomic E-state index is 12.8. The number of carbonyl (C=O) groups is 1. The highest BCUT2D eigenvalue weighted by atomic mass is 16.2. The molecule has 9 nitrogen and oxygen atoms in total. The van der Waals surface area contributed by atoms with Crippen LogP contribution in [0.1, 0.15) is 26.2 Å². The number of rotatable bonds is 3. The highest BCUT2D eigenvalue weighted by Gasteiger charge is 2.30. The Labute approximate surface area is 144 Å². The van der Waals surface area contributed by atoms with E-state index in [-0.39, 0.29) is 24.5 Å². The minimum atomic E-state index is -0.543. The first kappa shape index (κ1) is 17.4. The molecule has 2 atom stereocenters. The topological polar surface area (TPSA) is 108 Å². The number of hydrogen-bond donors (Lipinski definition) is 1. The fourth-order valence-corrected chi connectivity index (χ4v) is 3.58. The van der Waals surface area contributed by atoms with Gasteiger partial charge >= 0.3 is 5.69 Å². The van der Waals surface area contributed by atoms with Crippen LogP contribution in [0.3, 0.4) is 0 Å². The van der Waals surface area contributed by atoms with Crippen molar-refractivity contribution in [2.75, 3.05) is 6.54 Å². The lowest BCUT2D eigenvalue weighted by atomic mass is 9.97. The summed E-state index contributed by atoms with van der Waals surface area (Å²) in [5.74, 6) is -0.247. The van der Waals surface area contributed by atoms with Crippen LogP contribution in [-0.4, -0.2) is 48.1 Å². The second kappa shape index (κ2) is 6.47. The SMILES string of the molecule is CC(N)C1CCCCN1C(=O)Cn1c(=O)c2c(ncn2C)n(C)c1=O. The second-order valence-electron chi connectivity index (χ2n) is 6.77. The summed E-state index contributed by atoms with van der Waals surface area (Å²) in [6.07, 6.45) is 4.26. The molecule has 2 unspecified atom stereocenters. The van der Waals surface area contributed by atoms with Gasteiger partial charge in [-0.1, -0.05) is 0 Å². The molecular formula is C16H24N6O3. The monoisotopic (exact) mass is 348 g/mol. The van der Waals surface area contributed by atoms with E-state index in [4.69, 9.17) is 5.73 Å². The fraction of sp³-hybridized carbons (Fsp3) is 0.625. The molecule has 2 aromatic rings. The third-order valence-electron chi connectivity index (χ3n) is 4.97. The van der Waals surface area contributed by atoms with Crippen molar-refractivity contribution in [3.05, 3.63) is 27.2 Å². The van der Waals surface area contributed by atoms with Gasteiger partial charge in [0.15, 0.2) is 11.2 Å². The summed E-state index contributed by atoms with van der Waals surface area (Å²) >= 11 is 0. The number of likely N-dealkylation sites (tertiary alicyclic amines) is 1. The summed E-state index contributed by atoms with van der Waals surface area (Å²) in [5, 5.41) is 0. The van der Waals surface area contributed by atoms with Crippen molar-refractivity contribution in [3.8, 4) is 0 Å². The van der Waals surface area contributed by atoms with E-state index in [1.807, 2.05) is 6.92 Å². The van der Waals surface area contributed by atoms with E-state index in [9.17, 15) is 14.4 Å². The molecule has 0 radical (unpaired) electrons. The standard InChI is InChI=1S/C16H24N6O3/c1-10(17)11-6-4-5-7-21(11)12(23)8-22-15(24)13-14(18-9-19(13)2)20(3)16(22)25/h9-11H,4-8,17H2,1-3H3. The summed E-state index contributed by atoms with van der Waals surface area (Å²) in [5.41, 5.74) is 5.59. The third-order valence-corrected chi connectivity index (χ3v) is 4.97. The molecule has 1 fully saturated rings. The predicted octanol–water partition coefficient (Wildman–Crippen LogP) is -0.838. The number of aryl methyl sites for hydroxylation is 2. The van der Waals surface area contributed by atoms with E-state index < -0.39 is 11.2 Å². The Morgan fingerprint density at radius 3 is 2.76 bits per heavy atom. The highest BCUT2D eigenvalue weighted by Crippen LogP contribution is 2.19. The van der Waals surface area contributed by atoms with Crippen molar-refractivity contribution in [1.29, 1.82) is 0 Å². The number of aromatic nitrogens is 4. The lowest BCUT2D eigenvalue weighted by Crippen LogP contribution is -2.54. The smallest absolute Gasteiger partial charge is 0.332 e. The molecule has 136 valence electrons. The molecule has 1 amide bonds. The van der Waals surface area contributed by atoms with Crippen LogP contribution in [-0.2, 0) is 25.4 Å². The van der Waals surface area contributed by atoms with Crippen LogP contribution >= 0.6 is 0 Å². The first-order valence-electron chi connectivity index (χ1n) is 8.48. The van der Waals surface area contributed by atoms with Gasteiger partial charge in [-0.05, 0) is 26.2 Å². The minimum Gasteiger partial charge on any atom is -0.337 e. The quantitative estimate of drug-likeness (QED) is 0.778. The van der Waals surface area contributed by atoms with E-state index in [0.29, 0.717) is 17.7 Å². The van der Waals surface area contributed by atoms with Gasteiger partial charge in [0.25, 0.3) is 5.56 Å². The summed E-state index contributed by atoms with van der Waals surface area (Å²) < 4.78 is 3.84. The largest absolute Gasteiger partial charge is 0.337 e. The Morgan fingerprint density at radius 2 is 2.08 bits per heavy atom. The van der Waals surface area contributed by atoms with Gasteiger partial charge in [0.05, 0.1) is 6.33 Å². The Kier molecular flexibility index (Phi) is 4.51. The number of hydrogen-bond acceptors (Lipinski definition) is 5. The van der Waals surface area contributed by atoms with Crippen LogP contribution < -0.4 is 17.0 Å². The summed E-state index contributed by atoms with van der Waals surface area (Å²) in [7, 11) is 3.23. The van der Waals surface area contributed by atoms with E-state index in [1.165, 1.54) is 10.9 Å². The van der Waals surface area contributed by atoms with Crippen LogP contribution in [0.15, 0.2) is 15.9 Å². The van der Waals surface area contributed by atoms with E-state index >= 15 is 0 Å². The zero-order valence-electron chi connectivity index (χ0n) is 14.8. The summed E-state index contributed by atoms with van der Waals surface area (Å²) in [6, 6.07) is -0.204. The average molecular weight is 348 g/mol. The van der Waals surface area contributed by atoms with Gasteiger partial charge in [-0.3, -0.25) is 14.2 Å². The number of fused-ring (bicyclic) bond motifs is 1. The van der Waals surface area contributed by atoms with Gasteiger partial charge in [-0.15, -0.1) is 0 Å². The number of imidazole rings is 1. The molecular weight excluding hydrogens is 324 g/mol. The van der Waals surface area contributed by atoms with Crippen LogP contribution in [0.4, 0.5) is 0 Å². The van der Waals surface area contributed by atoms with Crippen molar-refractivity contribution in [2.45, 2.75) is 44.8 Å². The van der Waals surface area contributed by atoms with Gasteiger partial charge in [0.2, 0.25) is 5.91 Å². The number of carbonyl (C=O) groups excluding carboxylic acids is 1. The third kappa shape index (κ3) is 2.88. The molecule has 2 N–H and O–H groups in total. The molecule has 0 aromatic carbocycles. The molecule has 3 rings (SSSR count). The second-order valence-corrected chi connectivity index (χ2v) is 6.77. The minimum absolute atomic E-state index is 0.0544. The molecule has 25 heavy (non-hydrogen) atoms. The van der Waals surface area contributed by atoms with Crippen LogP contribution in [0.5, 0.6) is 0 Å². The number of amides is 1. The van der Waals surface area contributed by atoms with Crippen LogP contribution in [0.25, 0.3) is 11.2 Å². The van der Waals surface area contributed by atoms with Gasteiger partial charge in [-0.25, -0.2) is 14.3 Å². The first-order chi connectivity index (χ1) is 11.8. The van der Waals surface area contributed by atoms with E-state index in [2.05, 4.69) is 4.98 Å². The zero-order valence-corrected chi connectivity index (χ0v) is 14.8.